The van der Waals surface area contributed by atoms with Crippen LogP contribution < -0.4 is 11.5 Å². The van der Waals surface area contributed by atoms with Crippen LogP contribution in [-0.2, 0) is 0 Å². The highest BCUT2D eigenvalue weighted by Crippen LogP contribution is 2.23. The van der Waals surface area contributed by atoms with Gasteiger partial charge >= 0.3 is 0 Å². The quantitative estimate of drug-likeness (QED) is 0.759. The summed E-state index contributed by atoms with van der Waals surface area (Å²) in [6.07, 6.45) is 0. The van der Waals surface area contributed by atoms with Gasteiger partial charge in [-0.25, -0.2) is 4.98 Å². The molecule has 0 spiro atoms. The van der Waals surface area contributed by atoms with Gasteiger partial charge in [0.1, 0.15) is 11.5 Å². The Bertz CT molecular complexity index is 717. The summed E-state index contributed by atoms with van der Waals surface area (Å²) in [4.78, 5) is 3.78. The van der Waals surface area contributed by atoms with Gasteiger partial charge in [0, 0.05) is 0 Å². The van der Waals surface area contributed by atoms with Crippen LogP contribution in [0.2, 0.25) is 0 Å². The molecule has 80 valence electrons. The van der Waals surface area contributed by atoms with E-state index in [0.717, 1.165) is 0 Å². The average molecular weight is 218 g/mol. The number of aromatic nitrogens is 1. The van der Waals surface area contributed by atoms with E-state index in [1.165, 1.54) is 12.1 Å². The summed E-state index contributed by atoms with van der Waals surface area (Å²) in [5.41, 5.74) is 11.0. The second-order valence-corrected chi connectivity index (χ2v) is 2.81. The van der Waals surface area contributed by atoms with Crippen LogP contribution in [-0.4, -0.2) is 4.98 Å². The summed E-state index contributed by atoms with van der Waals surface area (Å²) < 4.78 is 37.9. The molecule has 1 heterocycles. The molecule has 2 rings (SSSR count). The fraction of sp³-hybridized carbons (Fsp3) is 0. The van der Waals surface area contributed by atoms with E-state index in [9.17, 15) is 0 Å². The number of rotatable bonds is 2. The second-order valence-electron chi connectivity index (χ2n) is 2.81. The number of benzene rings is 1. The van der Waals surface area contributed by atoms with Gasteiger partial charge in [-0.15, -0.1) is 5.11 Å². The molecule has 16 heavy (non-hydrogen) atoms. The predicted octanol–water partition coefficient (Wildman–Crippen LogP) is 2.66. The topological polar surface area (TPSA) is 89.6 Å². The first kappa shape index (κ1) is 5.60. The van der Waals surface area contributed by atoms with Gasteiger partial charge in [0.2, 0.25) is 0 Å². The van der Waals surface area contributed by atoms with Gasteiger partial charge in [-0.2, -0.15) is 5.11 Å². The zero-order valence-electron chi connectivity index (χ0n) is 13.2. The summed E-state index contributed by atoms with van der Waals surface area (Å²) >= 11 is 0. The van der Waals surface area contributed by atoms with Gasteiger partial charge in [-0.3, -0.25) is 0 Å². The van der Waals surface area contributed by atoms with E-state index in [-0.39, 0.29) is 23.0 Å². The van der Waals surface area contributed by atoms with Gasteiger partial charge in [0.05, 0.1) is 12.5 Å². The van der Waals surface area contributed by atoms with Crippen LogP contribution >= 0.6 is 0 Å². The molecule has 4 N–H and O–H groups in total. The van der Waals surface area contributed by atoms with E-state index in [0.29, 0.717) is 0 Å². The van der Waals surface area contributed by atoms with Crippen LogP contribution in [0.25, 0.3) is 0 Å². The Hall–Kier alpha value is -2.43. The minimum absolute atomic E-state index is 0.0334. The van der Waals surface area contributed by atoms with Crippen molar-refractivity contribution in [2.24, 2.45) is 10.2 Å². The first-order valence-corrected chi connectivity index (χ1v) is 4.33. The van der Waals surface area contributed by atoms with Crippen LogP contribution in [0.4, 0.5) is 23.0 Å². The SMILES string of the molecule is [2H]c1c([2H])c([2H])c(N=Nc2ccc(N)nc2N)c([2H])c1[2H]. The van der Waals surface area contributed by atoms with Crippen molar-refractivity contribution < 1.29 is 6.85 Å². The number of hydrogen-bond acceptors (Lipinski definition) is 5. The maximum atomic E-state index is 7.70. The zero-order chi connectivity index (χ0) is 15.7. The molecule has 1 aromatic heterocycles. The van der Waals surface area contributed by atoms with Crippen molar-refractivity contribution in [2.75, 3.05) is 11.5 Å². The number of hydrogen-bond donors (Lipinski definition) is 2. The normalized spacial score (nSPS) is 15.1. The van der Waals surface area contributed by atoms with E-state index >= 15 is 0 Å². The number of azo groups is 1. The predicted molar refractivity (Wildman–Crippen MR) is 63.7 cm³/mol. The van der Waals surface area contributed by atoms with Crippen LogP contribution in [0.5, 0.6) is 0 Å². The van der Waals surface area contributed by atoms with Gasteiger partial charge in [-0.1, -0.05) is 18.1 Å². The molecule has 0 aliphatic carbocycles. The number of nitrogens with zero attached hydrogens (tertiary/aromatic N) is 3. The number of anilines is 2. The van der Waals surface area contributed by atoms with Crippen molar-refractivity contribution in [2.45, 2.75) is 0 Å². The fourth-order valence-corrected chi connectivity index (χ4v) is 0.965. The van der Waals surface area contributed by atoms with Crippen LogP contribution in [0.3, 0.4) is 0 Å². The third-order valence-electron chi connectivity index (χ3n) is 1.67. The first-order chi connectivity index (χ1) is 9.82. The highest BCUT2D eigenvalue weighted by Gasteiger charge is 1.98. The fourth-order valence-electron chi connectivity index (χ4n) is 0.965. The summed E-state index contributed by atoms with van der Waals surface area (Å²) in [7, 11) is 0. The molecule has 0 saturated carbocycles. The molecule has 0 amide bonds. The highest BCUT2D eigenvalue weighted by atomic mass is 15.1. The Morgan fingerprint density at radius 3 is 2.50 bits per heavy atom. The number of nitrogens with two attached hydrogens (primary N) is 2. The molecular weight excluding hydrogens is 202 g/mol. The molecule has 0 bridgehead atoms. The molecule has 0 atom stereocenters. The maximum absolute atomic E-state index is 7.70. The molecule has 5 heteroatoms. The summed E-state index contributed by atoms with van der Waals surface area (Å²) in [5.74, 6) is 0.250. The molecule has 0 fully saturated rings. The van der Waals surface area contributed by atoms with Crippen molar-refractivity contribution in [1.82, 2.24) is 4.98 Å². The Balaban J connectivity index is 2.51. The summed E-state index contributed by atoms with van der Waals surface area (Å²) in [6.45, 7) is 0. The average Bonchev–Trinajstić information content (AvgIpc) is 2.45. The molecule has 5 nitrogen and oxygen atoms in total. The maximum Gasteiger partial charge on any atom is 0.153 e. The van der Waals surface area contributed by atoms with Crippen LogP contribution in [0, 0.1) is 0 Å². The molecule has 2 aromatic rings. The molecule has 1 aromatic carbocycles. The van der Waals surface area contributed by atoms with Gasteiger partial charge in [0.25, 0.3) is 0 Å². The van der Waals surface area contributed by atoms with Gasteiger partial charge < -0.3 is 11.5 Å². The minimum Gasteiger partial charge on any atom is -0.384 e. The molecule has 0 radical (unpaired) electrons. The zero-order valence-corrected chi connectivity index (χ0v) is 8.15. The van der Waals surface area contributed by atoms with E-state index < -0.39 is 30.2 Å². The third-order valence-corrected chi connectivity index (χ3v) is 1.67. The summed E-state index contributed by atoms with van der Waals surface area (Å²) in [5, 5.41) is 7.46. The van der Waals surface area contributed by atoms with Crippen LogP contribution in [0.1, 0.15) is 6.85 Å². The monoisotopic (exact) mass is 218 g/mol. The van der Waals surface area contributed by atoms with Crippen molar-refractivity contribution >= 4 is 23.0 Å². The van der Waals surface area contributed by atoms with Crippen molar-refractivity contribution in [3.05, 3.63) is 42.3 Å². The van der Waals surface area contributed by atoms with Crippen molar-refractivity contribution in [1.29, 1.82) is 0 Å². The molecular formula is C11H11N5. The van der Waals surface area contributed by atoms with Crippen molar-refractivity contribution in [3.63, 3.8) is 0 Å². The van der Waals surface area contributed by atoms with Gasteiger partial charge in [0.15, 0.2) is 5.82 Å². The largest absolute Gasteiger partial charge is 0.384 e. The van der Waals surface area contributed by atoms with E-state index in [4.69, 9.17) is 18.3 Å². The molecule has 0 saturated heterocycles. The Morgan fingerprint density at radius 1 is 1.06 bits per heavy atom. The molecule has 0 unspecified atom stereocenters. The van der Waals surface area contributed by atoms with Gasteiger partial charge in [-0.05, 0) is 24.2 Å². The lowest BCUT2D eigenvalue weighted by Gasteiger charge is -1.98. The number of nitrogen functional groups attached to an aromatic ring is 2. The minimum atomic E-state index is -0.488. The van der Waals surface area contributed by atoms with E-state index in [2.05, 4.69) is 15.2 Å². The van der Waals surface area contributed by atoms with Crippen LogP contribution in [0.15, 0.2) is 52.6 Å². The molecule has 0 aliphatic heterocycles. The lowest BCUT2D eigenvalue weighted by Crippen LogP contribution is -1.95. The van der Waals surface area contributed by atoms with E-state index in [1.807, 2.05) is 0 Å². The Labute approximate surface area is 99.9 Å². The summed E-state index contributed by atoms with van der Waals surface area (Å²) in [6, 6.07) is 0.612. The number of pyridine rings is 1. The second kappa shape index (κ2) is 4.39. The Kier molecular flexibility index (Phi) is 1.54. The lowest BCUT2D eigenvalue weighted by molar-refractivity contribution is 1.21. The lowest BCUT2D eigenvalue weighted by atomic mass is 10.3. The highest BCUT2D eigenvalue weighted by molar-refractivity contribution is 5.60. The smallest absolute Gasteiger partial charge is 0.153 e. The molecule has 0 aliphatic rings. The first-order valence-electron chi connectivity index (χ1n) is 6.83. The van der Waals surface area contributed by atoms with E-state index in [1.54, 1.807) is 0 Å². The third kappa shape index (κ3) is 2.33. The standard InChI is InChI=1S/C11H11N5/c12-10-7-6-9(11(13)14-10)16-15-8-4-2-1-3-5-8/h1-7H,(H4,12,13,14)/i1D,2D,3D,4D,5D. The van der Waals surface area contributed by atoms with Crippen molar-refractivity contribution in [3.8, 4) is 0 Å². The Morgan fingerprint density at radius 2 is 1.81 bits per heavy atom.